The van der Waals surface area contributed by atoms with Crippen molar-refractivity contribution in [1.82, 2.24) is 5.32 Å². The Balaban J connectivity index is 2.45. The highest BCUT2D eigenvalue weighted by Crippen LogP contribution is 2.15. The number of carboxylic acids is 1. The molecule has 0 aliphatic rings. The highest BCUT2D eigenvalue weighted by atomic mass is 16.5. The molecule has 0 aliphatic carbocycles. The number of benzene rings is 1. The average molecular weight is 349 g/mol. The molecule has 5 heteroatoms. The summed E-state index contributed by atoms with van der Waals surface area (Å²) in [6.07, 6.45) is 2.04. The highest BCUT2D eigenvalue weighted by Gasteiger charge is 2.22. The van der Waals surface area contributed by atoms with Crippen molar-refractivity contribution in [3.05, 3.63) is 29.8 Å². The molecule has 0 unspecified atom stereocenters. The molecular weight excluding hydrogens is 318 g/mol. The standard InChI is InChI=1S/C20H31NO4/c1-5-15(4)19(20(23)24)21-12-10-18(22)16-6-8-17(9-7-16)25-13-11-14(2)3/h6-9,14-15,19,21H,5,10-13H2,1-4H3,(H,23,24)/t15-,19-/m0/s1. The number of hydrogen-bond acceptors (Lipinski definition) is 4. The zero-order valence-electron chi connectivity index (χ0n) is 15.7. The predicted octanol–water partition coefficient (Wildman–Crippen LogP) is 3.77. The molecule has 25 heavy (non-hydrogen) atoms. The van der Waals surface area contributed by atoms with Crippen LogP contribution >= 0.6 is 0 Å². The van der Waals surface area contributed by atoms with Gasteiger partial charge in [-0.15, -0.1) is 0 Å². The van der Waals surface area contributed by atoms with Crippen molar-refractivity contribution < 1.29 is 19.4 Å². The third-order valence-corrected chi connectivity index (χ3v) is 4.34. The molecule has 0 aromatic heterocycles. The molecule has 0 bridgehead atoms. The van der Waals surface area contributed by atoms with Crippen LogP contribution in [0, 0.1) is 11.8 Å². The Bertz CT molecular complexity index is 539. The number of Topliss-reactive ketones (excluding diaryl/α,β-unsaturated/α-hetero) is 1. The number of nitrogens with one attached hydrogen (secondary N) is 1. The van der Waals surface area contributed by atoms with E-state index in [1.165, 1.54) is 0 Å². The Morgan fingerprint density at radius 1 is 1.16 bits per heavy atom. The number of aliphatic carboxylic acids is 1. The number of ether oxygens (including phenoxy) is 1. The molecule has 1 aromatic rings. The van der Waals surface area contributed by atoms with E-state index in [9.17, 15) is 14.7 Å². The summed E-state index contributed by atoms with van der Waals surface area (Å²) in [5.74, 6) is 0.505. The van der Waals surface area contributed by atoms with Crippen molar-refractivity contribution >= 4 is 11.8 Å². The number of carbonyl (C=O) groups excluding carboxylic acids is 1. The normalized spacial score (nSPS) is 13.5. The largest absolute Gasteiger partial charge is 0.494 e. The van der Waals surface area contributed by atoms with E-state index >= 15 is 0 Å². The molecule has 1 rings (SSSR count). The van der Waals surface area contributed by atoms with Gasteiger partial charge in [0, 0.05) is 18.5 Å². The number of ketones is 1. The van der Waals surface area contributed by atoms with Gasteiger partial charge in [-0.1, -0.05) is 34.1 Å². The molecule has 0 radical (unpaired) electrons. The van der Waals surface area contributed by atoms with Crippen LogP contribution in [0.3, 0.4) is 0 Å². The van der Waals surface area contributed by atoms with Gasteiger partial charge in [-0.2, -0.15) is 0 Å². The smallest absolute Gasteiger partial charge is 0.320 e. The summed E-state index contributed by atoms with van der Waals surface area (Å²) in [4.78, 5) is 23.5. The van der Waals surface area contributed by atoms with Gasteiger partial charge in [-0.05, 0) is 42.5 Å². The Morgan fingerprint density at radius 3 is 2.32 bits per heavy atom. The Hall–Kier alpha value is -1.88. The van der Waals surface area contributed by atoms with Crippen molar-refractivity contribution in [2.24, 2.45) is 11.8 Å². The number of rotatable bonds is 12. The lowest BCUT2D eigenvalue weighted by atomic mass is 9.99. The van der Waals surface area contributed by atoms with E-state index in [0.717, 1.165) is 18.6 Å². The van der Waals surface area contributed by atoms with Crippen molar-refractivity contribution in [1.29, 1.82) is 0 Å². The van der Waals surface area contributed by atoms with Crippen LogP contribution in [0.5, 0.6) is 5.75 Å². The van der Waals surface area contributed by atoms with Crippen LogP contribution < -0.4 is 10.1 Å². The predicted molar refractivity (Wildman–Crippen MR) is 99.2 cm³/mol. The topological polar surface area (TPSA) is 75.6 Å². The zero-order chi connectivity index (χ0) is 18.8. The summed E-state index contributed by atoms with van der Waals surface area (Å²) < 4.78 is 5.64. The second-order valence-electron chi connectivity index (χ2n) is 6.88. The molecule has 2 atom stereocenters. The maximum absolute atomic E-state index is 12.2. The molecule has 0 spiro atoms. The van der Waals surface area contributed by atoms with E-state index in [4.69, 9.17) is 4.74 Å². The minimum atomic E-state index is -0.871. The van der Waals surface area contributed by atoms with Crippen molar-refractivity contribution in [2.75, 3.05) is 13.2 Å². The first-order valence-corrected chi connectivity index (χ1v) is 9.07. The second-order valence-corrected chi connectivity index (χ2v) is 6.88. The molecule has 1 aromatic carbocycles. The molecule has 0 aliphatic heterocycles. The molecule has 5 nitrogen and oxygen atoms in total. The maximum Gasteiger partial charge on any atom is 0.320 e. The molecule has 0 amide bonds. The van der Waals surface area contributed by atoms with Crippen LogP contribution in [0.2, 0.25) is 0 Å². The van der Waals surface area contributed by atoms with Gasteiger partial charge in [0.2, 0.25) is 0 Å². The fraction of sp³-hybridized carbons (Fsp3) is 0.600. The summed E-state index contributed by atoms with van der Waals surface area (Å²) in [5, 5.41) is 12.2. The van der Waals surface area contributed by atoms with Crippen molar-refractivity contribution in [3.63, 3.8) is 0 Å². The number of hydrogen-bond donors (Lipinski definition) is 2. The molecule has 2 N–H and O–H groups in total. The minimum Gasteiger partial charge on any atom is -0.494 e. The Morgan fingerprint density at radius 2 is 1.80 bits per heavy atom. The molecule has 140 valence electrons. The lowest BCUT2D eigenvalue weighted by Crippen LogP contribution is -2.42. The average Bonchev–Trinajstić information content (AvgIpc) is 2.57. The first-order valence-electron chi connectivity index (χ1n) is 9.07. The van der Waals surface area contributed by atoms with Crippen LogP contribution in [-0.2, 0) is 4.79 Å². The molecule has 0 saturated carbocycles. The SMILES string of the molecule is CC[C@H](C)[C@H](NCCC(=O)c1ccc(OCCC(C)C)cc1)C(=O)O. The third-order valence-electron chi connectivity index (χ3n) is 4.34. The van der Waals surface area contributed by atoms with Crippen molar-refractivity contribution in [3.8, 4) is 5.75 Å². The van der Waals surface area contributed by atoms with Crippen molar-refractivity contribution in [2.45, 2.75) is 53.0 Å². The van der Waals surface area contributed by atoms with E-state index in [1.54, 1.807) is 24.3 Å². The Labute approximate surface area is 150 Å². The maximum atomic E-state index is 12.2. The van der Waals surface area contributed by atoms with Crippen LogP contribution in [-0.4, -0.2) is 36.1 Å². The summed E-state index contributed by atoms with van der Waals surface area (Å²) in [6, 6.07) is 6.52. The second kappa shape index (κ2) is 10.9. The summed E-state index contributed by atoms with van der Waals surface area (Å²) in [6.45, 7) is 9.17. The third kappa shape index (κ3) is 7.69. The van der Waals surface area contributed by atoms with Gasteiger partial charge in [-0.3, -0.25) is 9.59 Å². The highest BCUT2D eigenvalue weighted by molar-refractivity contribution is 5.96. The zero-order valence-corrected chi connectivity index (χ0v) is 15.7. The van der Waals surface area contributed by atoms with E-state index in [-0.39, 0.29) is 18.1 Å². The van der Waals surface area contributed by atoms with Crippen LogP contribution in [0.4, 0.5) is 0 Å². The van der Waals surface area contributed by atoms with Gasteiger partial charge in [0.1, 0.15) is 11.8 Å². The fourth-order valence-corrected chi connectivity index (χ4v) is 2.40. The van der Waals surface area contributed by atoms with E-state index < -0.39 is 12.0 Å². The van der Waals surface area contributed by atoms with Gasteiger partial charge < -0.3 is 15.2 Å². The van der Waals surface area contributed by atoms with E-state index in [1.807, 2.05) is 13.8 Å². The van der Waals surface area contributed by atoms with Gasteiger partial charge in [0.15, 0.2) is 5.78 Å². The summed E-state index contributed by atoms with van der Waals surface area (Å²) >= 11 is 0. The van der Waals surface area contributed by atoms with Gasteiger partial charge in [-0.25, -0.2) is 0 Å². The first-order chi connectivity index (χ1) is 11.8. The van der Waals surface area contributed by atoms with E-state index in [0.29, 0.717) is 24.6 Å². The van der Waals surface area contributed by atoms with Gasteiger partial charge >= 0.3 is 5.97 Å². The van der Waals surface area contributed by atoms with Gasteiger partial charge in [0.25, 0.3) is 0 Å². The molecule has 0 saturated heterocycles. The summed E-state index contributed by atoms with van der Waals surface area (Å²) in [5.41, 5.74) is 0.619. The van der Waals surface area contributed by atoms with Crippen LogP contribution in [0.15, 0.2) is 24.3 Å². The lowest BCUT2D eigenvalue weighted by Gasteiger charge is -2.19. The van der Waals surface area contributed by atoms with Crippen LogP contribution in [0.1, 0.15) is 57.3 Å². The summed E-state index contributed by atoms with van der Waals surface area (Å²) in [7, 11) is 0. The number of carboxylic acid groups (broad SMARTS) is 1. The fourth-order valence-electron chi connectivity index (χ4n) is 2.40. The van der Waals surface area contributed by atoms with Crippen LogP contribution in [0.25, 0.3) is 0 Å². The lowest BCUT2D eigenvalue weighted by molar-refractivity contribution is -0.140. The van der Waals surface area contributed by atoms with Gasteiger partial charge in [0.05, 0.1) is 6.61 Å². The quantitative estimate of drug-likeness (QED) is 0.562. The monoisotopic (exact) mass is 349 g/mol. The molecular formula is C20H31NO4. The molecule has 0 fully saturated rings. The number of carbonyl (C=O) groups is 2. The minimum absolute atomic E-state index is 0.00507. The Kier molecular flexibility index (Phi) is 9.21. The van der Waals surface area contributed by atoms with E-state index in [2.05, 4.69) is 19.2 Å². The molecule has 0 heterocycles. The first kappa shape index (κ1) is 21.2.